The number of hydrogen-bond donors (Lipinski definition) is 1. The van der Waals surface area contributed by atoms with Gasteiger partial charge >= 0.3 is 5.97 Å². The second kappa shape index (κ2) is 12.0. The molecule has 0 spiro atoms. The van der Waals surface area contributed by atoms with Gasteiger partial charge < -0.3 is 19.5 Å². The Bertz CT molecular complexity index is 1210. The molecule has 0 saturated carbocycles. The molecule has 190 valence electrons. The van der Waals surface area contributed by atoms with Gasteiger partial charge in [0.1, 0.15) is 6.04 Å². The van der Waals surface area contributed by atoms with E-state index in [4.69, 9.17) is 21.1 Å². The number of ether oxygens (including phenoxy) is 3. The third-order valence-corrected chi connectivity index (χ3v) is 6.23. The number of carbonyl (C=O) groups is 4. The summed E-state index contributed by atoms with van der Waals surface area (Å²) in [5.74, 6) is -1.27. The maximum Gasteiger partial charge on any atom is 0.328 e. The van der Waals surface area contributed by atoms with E-state index in [1.165, 1.54) is 26.2 Å². The maximum absolute atomic E-state index is 12.8. The molecule has 0 radical (unpaired) electrons. The van der Waals surface area contributed by atoms with E-state index in [0.717, 1.165) is 10.5 Å². The SMILES string of the molecule is CCOc1cc(/C=C2/SC(=O)N([C@H](C)C(=O)OC)C2=O)cc(Cl)c1OCC(=O)Nc1ccc(C)cc1. The summed E-state index contributed by atoms with van der Waals surface area (Å²) in [6.07, 6.45) is 1.47. The van der Waals surface area contributed by atoms with Gasteiger partial charge in [-0.2, -0.15) is 0 Å². The Kier molecular flexibility index (Phi) is 9.00. The van der Waals surface area contributed by atoms with Crippen molar-refractivity contribution in [1.29, 1.82) is 0 Å². The first-order valence-corrected chi connectivity index (χ1v) is 12.1. The first kappa shape index (κ1) is 27.1. The highest BCUT2D eigenvalue weighted by molar-refractivity contribution is 8.18. The highest BCUT2D eigenvalue weighted by Gasteiger charge is 2.41. The predicted molar refractivity (Wildman–Crippen MR) is 137 cm³/mol. The van der Waals surface area contributed by atoms with E-state index >= 15 is 0 Å². The zero-order chi connectivity index (χ0) is 26.4. The summed E-state index contributed by atoms with van der Waals surface area (Å²) in [6, 6.07) is 9.38. The standard InChI is InChI=1S/C25H25ClN2O7S/c1-5-34-19-11-16(12-20-23(30)28(25(32)36-20)15(3)24(31)33-4)10-18(26)22(19)35-13-21(29)27-17-8-6-14(2)7-9-17/h6-12,15H,5,13H2,1-4H3,(H,27,29)/b20-12+/t15-/m1/s1. The van der Waals surface area contributed by atoms with Crippen LogP contribution in [0.3, 0.4) is 0 Å². The summed E-state index contributed by atoms with van der Waals surface area (Å²) in [5, 5.41) is 2.30. The zero-order valence-corrected chi connectivity index (χ0v) is 21.7. The number of methoxy groups -OCH3 is 1. The molecule has 36 heavy (non-hydrogen) atoms. The summed E-state index contributed by atoms with van der Waals surface area (Å²) in [6.45, 7) is 5.12. The quantitative estimate of drug-likeness (QED) is 0.366. The number of aryl methyl sites for hydroxylation is 1. The average molecular weight is 533 g/mol. The van der Waals surface area contributed by atoms with E-state index in [9.17, 15) is 19.2 Å². The summed E-state index contributed by atoms with van der Waals surface area (Å²) in [7, 11) is 1.18. The summed E-state index contributed by atoms with van der Waals surface area (Å²) < 4.78 is 15.9. The van der Waals surface area contributed by atoms with Crippen molar-refractivity contribution in [3.05, 3.63) is 57.5 Å². The number of hydrogen-bond acceptors (Lipinski definition) is 8. The largest absolute Gasteiger partial charge is 0.490 e. The number of halogens is 1. The molecular formula is C25H25ClN2O7S. The third-order valence-electron chi connectivity index (χ3n) is 5.07. The van der Waals surface area contributed by atoms with E-state index in [2.05, 4.69) is 10.1 Å². The lowest BCUT2D eigenvalue weighted by Crippen LogP contribution is -2.42. The number of anilines is 1. The fraction of sp³-hybridized carbons (Fsp3) is 0.280. The molecule has 11 heteroatoms. The molecule has 1 aliphatic rings. The number of nitrogens with zero attached hydrogens (tertiary/aromatic N) is 1. The predicted octanol–water partition coefficient (Wildman–Crippen LogP) is 4.66. The minimum Gasteiger partial charge on any atom is -0.490 e. The van der Waals surface area contributed by atoms with Crippen molar-refractivity contribution in [2.24, 2.45) is 0 Å². The molecule has 1 saturated heterocycles. The number of nitrogens with one attached hydrogen (secondary N) is 1. The Morgan fingerprint density at radius 2 is 1.86 bits per heavy atom. The maximum atomic E-state index is 12.8. The first-order valence-electron chi connectivity index (χ1n) is 10.9. The van der Waals surface area contributed by atoms with Gasteiger partial charge in [0.15, 0.2) is 18.1 Å². The monoisotopic (exact) mass is 532 g/mol. The molecule has 2 aromatic carbocycles. The minimum atomic E-state index is -1.06. The Morgan fingerprint density at radius 1 is 1.17 bits per heavy atom. The Balaban J connectivity index is 1.78. The lowest BCUT2D eigenvalue weighted by molar-refractivity contribution is -0.148. The molecule has 9 nitrogen and oxygen atoms in total. The number of thioether (sulfide) groups is 1. The van der Waals surface area contributed by atoms with Crippen LogP contribution >= 0.6 is 23.4 Å². The van der Waals surface area contributed by atoms with E-state index in [0.29, 0.717) is 29.6 Å². The van der Waals surface area contributed by atoms with E-state index < -0.39 is 23.2 Å². The molecular weight excluding hydrogens is 508 g/mol. The van der Waals surface area contributed by atoms with Crippen molar-refractivity contribution < 1.29 is 33.4 Å². The second-order valence-corrected chi connectivity index (χ2v) is 9.12. The molecule has 0 aliphatic carbocycles. The van der Waals surface area contributed by atoms with Gasteiger partial charge in [0, 0.05) is 5.69 Å². The Hall–Kier alpha value is -3.50. The Morgan fingerprint density at radius 3 is 2.50 bits per heavy atom. The number of carbonyl (C=O) groups excluding carboxylic acids is 4. The van der Waals surface area contributed by atoms with E-state index in [1.54, 1.807) is 25.1 Å². The lowest BCUT2D eigenvalue weighted by atomic mass is 10.1. The van der Waals surface area contributed by atoms with Gasteiger partial charge in [-0.15, -0.1) is 0 Å². The molecule has 0 unspecified atom stereocenters. The van der Waals surface area contributed by atoms with Gasteiger partial charge in [-0.1, -0.05) is 29.3 Å². The van der Waals surface area contributed by atoms with Crippen molar-refractivity contribution in [2.45, 2.75) is 26.8 Å². The molecule has 0 aromatic heterocycles. The van der Waals surface area contributed by atoms with Crippen LogP contribution in [0.1, 0.15) is 25.0 Å². The lowest BCUT2D eigenvalue weighted by Gasteiger charge is -2.18. The summed E-state index contributed by atoms with van der Waals surface area (Å²) >= 11 is 7.13. The van der Waals surface area contributed by atoms with Crippen LogP contribution in [-0.2, 0) is 19.1 Å². The van der Waals surface area contributed by atoms with Crippen LogP contribution in [0.15, 0.2) is 41.3 Å². The number of esters is 1. The smallest absolute Gasteiger partial charge is 0.328 e. The van der Waals surface area contributed by atoms with Gasteiger partial charge in [0.25, 0.3) is 17.1 Å². The van der Waals surface area contributed by atoms with E-state index in [1.807, 2.05) is 19.1 Å². The molecule has 1 atom stereocenters. The molecule has 1 heterocycles. The molecule has 0 bridgehead atoms. The van der Waals surface area contributed by atoms with Crippen molar-refractivity contribution in [3.63, 3.8) is 0 Å². The number of rotatable bonds is 9. The van der Waals surface area contributed by atoms with Crippen molar-refractivity contribution in [2.75, 3.05) is 25.6 Å². The van der Waals surface area contributed by atoms with Crippen LogP contribution in [0.5, 0.6) is 11.5 Å². The fourth-order valence-electron chi connectivity index (χ4n) is 3.29. The minimum absolute atomic E-state index is 0.111. The topological polar surface area (TPSA) is 111 Å². The van der Waals surface area contributed by atoms with Crippen LogP contribution in [0.2, 0.25) is 5.02 Å². The molecule has 1 fully saturated rings. The molecule has 1 N–H and O–H groups in total. The molecule has 3 rings (SSSR count). The third kappa shape index (κ3) is 6.38. The number of imide groups is 1. The van der Waals surface area contributed by atoms with Crippen LogP contribution in [0.4, 0.5) is 10.5 Å². The number of benzene rings is 2. The van der Waals surface area contributed by atoms with Crippen LogP contribution in [0.25, 0.3) is 6.08 Å². The highest BCUT2D eigenvalue weighted by Crippen LogP contribution is 2.39. The van der Waals surface area contributed by atoms with Gasteiger partial charge in [0.2, 0.25) is 0 Å². The van der Waals surface area contributed by atoms with Gasteiger partial charge in [0.05, 0.1) is 23.6 Å². The fourth-order valence-corrected chi connectivity index (χ4v) is 4.47. The molecule has 2 aromatic rings. The highest BCUT2D eigenvalue weighted by atomic mass is 35.5. The number of amides is 3. The van der Waals surface area contributed by atoms with Crippen molar-refractivity contribution in [3.8, 4) is 11.5 Å². The molecule has 1 aliphatic heterocycles. The average Bonchev–Trinajstić information content (AvgIpc) is 3.11. The van der Waals surface area contributed by atoms with Crippen LogP contribution in [-0.4, -0.2) is 54.3 Å². The molecule has 3 amide bonds. The summed E-state index contributed by atoms with van der Waals surface area (Å²) in [4.78, 5) is 50.2. The van der Waals surface area contributed by atoms with Crippen LogP contribution < -0.4 is 14.8 Å². The van der Waals surface area contributed by atoms with Gasteiger partial charge in [-0.05, 0) is 68.4 Å². The van der Waals surface area contributed by atoms with Crippen molar-refractivity contribution >= 4 is 58.1 Å². The van der Waals surface area contributed by atoms with E-state index in [-0.39, 0.29) is 33.9 Å². The summed E-state index contributed by atoms with van der Waals surface area (Å²) in [5.41, 5.74) is 2.17. The zero-order valence-electron chi connectivity index (χ0n) is 20.1. The van der Waals surface area contributed by atoms with Gasteiger partial charge in [-0.3, -0.25) is 19.3 Å². The normalized spacial score (nSPS) is 15.1. The van der Waals surface area contributed by atoms with Gasteiger partial charge in [-0.25, -0.2) is 4.79 Å². The first-order chi connectivity index (χ1) is 17.1. The second-order valence-electron chi connectivity index (χ2n) is 7.72. The Labute approximate surface area is 217 Å². The van der Waals surface area contributed by atoms with Crippen molar-refractivity contribution in [1.82, 2.24) is 4.90 Å². The van der Waals surface area contributed by atoms with Crippen LogP contribution in [0, 0.1) is 6.92 Å².